The van der Waals surface area contributed by atoms with Crippen molar-refractivity contribution in [2.24, 2.45) is 0 Å². The Balaban J connectivity index is 2.56. The van der Waals surface area contributed by atoms with E-state index >= 15 is 0 Å². The largest absolute Gasteiger partial charge is 0.462 e. The summed E-state index contributed by atoms with van der Waals surface area (Å²) in [5.41, 5.74) is 0. The first-order chi connectivity index (χ1) is 6.96. The number of hydrogen-bond acceptors (Lipinski definition) is 5. The number of ether oxygens (including phenoxy) is 1. The van der Waals surface area contributed by atoms with E-state index in [0.29, 0.717) is 6.42 Å². The molecule has 0 aromatic heterocycles. The molecule has 1 saturated heterocycles. The Morgan fingerprint density at radius 1 is 1.60 bits per heavy atom. The van der Waals surface area contributed by atoms with Crippen molar-refractivity contribution in [3.8, 4) is 0 Å². The molecule has 2 N–H and O–H groups in total. The highest BCUT2D eigenvalue weighted by molar-refractivity contribution is 7.89. The Kier molecular flexibility index (Phi) is 4.06. The predicted octanol–water partition coefficient (Wildman–Crippen LogP) is -1.01. The summed E-state index contributed by atoms with van der Waals surface area (Å²) in [6, 6.07) is -1.15. The van der Waals surface area contributed by atoms with Crippen molar-refractivity contribution >= 4 is 16.0 Å². The Labute approximate surface area is 88.7 Å². The van der Waals surface area contributed by atoms with E-state index in [-0.39, 0.29) is 12.4 Å². The Morgan fingerprint density at radius 2 is 2.27 bits per heavy atom. The topological polar surface area (TPSA) is 92.7 Å². The van der Waals surface area contributed by atoms with Gasteiger partial charge in [0.05, 0.1) is 5.75 Å². The van der Waals surface area contributed by atoms with Crippen molar-refractivity contribution in [1.29, 1.82) is 0 Å². The van der Waals surface area contributed by atoms with Crippen LogP contribution in [-0.4, -0.2) is 44.0 Å². The van der Waals surface area contributed by atoms with Crippen molar-refractivity contribution in [1.82, 2.24) is 4.72 Å². The number of aliphatic hydroxyl groups excluding tert-OH is 1. The summed E-state index contributed by atoms with van der Waals surface area (Å²) in [5, 5.41) is 9.28. The molecule has 0 radical (unpaired) electrons. The van der Waals surface area contributed by atoms with Gasteiger partial charge in [-0.15, -0.1) is 0 Å². The predicted molar refractivity (Wildman–Crippen MR) is 52.6 cm³/mol. The molecule has 2 atom stereocenters. The van der Waals surface area contributed by atoms with Gasteiger partial charge in [-0.25, -0.2) is 8.42 Å². The number of rotatable bonds is 5. The van der Waals surface area contributed by atoms with Crippen molar-refractivity contribution in [2.45, 2.75) is 31.9 Å². The zero-order chi connectivity index (χ0) is 11.5. The van der Waals surface area contributed by atoms with Crippen molar-refractivity contribution in [3.63, 3.8) is 0 Å². The molecule has 0 amide bonds. The summed E-state index contributed by atoms with van der Waals surface area (Å²) in [4.78, 5) is 11.0. The van der Waals surface area contributed by atoms with E-state index in [2.05, 4.69) is 9.46 Å². The normalized spacial score (nSPS) is 26.7. The van der Waals surface area contributed by atoms with E-state index in [9.17, 15) is 18.3 Å². The quantitative estimate of drug-likeness (QED) is 0.598. The van der Waals surface area contributed by atoms with Crippen LogP contribution in [0.5, 0.6) is 0 Å². The van der Waals surface area contributed by atoms with E-state index in [4.69, 9.17) is 0 Å². The van der Waals surface area contributed by atoms with Gasteiger partial charge in [-0.05, 0) is 6.42 Å². The van der Waals surface area contributed by atoms with E-state index in [1.165, 1.54) is 0 Å². The fourth-order valence-electron chi connectivity index (χ4n) is 1.22. The molecule has 0 bridgehead atoms. The monoisotopic (exact) mass is 237 g/mol. The third kappa shape index (κ3) is 3.44. The van der Waals surface area contributed by atoms with Crippen LogP contribution in [0.4, 0.5) is 0 Å². The number of cyclic esters (lactones) is 1. The molecule has 15 heavy (non-hydrogen) atoms. The second kappa shape index (κ2) is 4.91. The summed E-state index contributed by atoms with van der Waals surface area (Å²) in [5.74, 6) is -0.762. The molecule has 0 unspecified atom stereocenters. The molecule has 1 rings (SSSR count). The van der Waals surface area contributed by atoms with Gasteiger partial charge < -0.3 is 9.84 Å². The lowest BCUT2D eigenvalue weighted by Gasteiger charge is -2.12. The van der Waals surface area contributed by atoms with Crippen LogP contribution in [0.3, 0.4) is 0 Å². The number of esters is 1. The van der Waals surface area contributed by atoms with Gasteiger partial charge in [0.2, 0.25) is 10.0 Å². The highest BCUT2D eigenvalue weighted by Crippen LogP contribution is 2.09. The number of nitrogens with one attached hydrogen (secondary N) is 1. The van der Waals surface area contributed by atoms with Gasteiger partial charge in [0.25, 0.3) is 0 Å². The Morgan fingerprint density at radius 3 is 2.73 bits per heavy atom. The average molecular weight is 237 g/mol. The summed E-state index contributed by atoms with van der Waals surface area (Å²) >= 11 is 0. The minimum absolute atomic E-state index is 0.0417. The van der Waals surface area contributed by atoms with Gasteiger partial charge in [-0.1, -0.05) is 13.3 Å². The van der Waals surface area contributed by atoms with Crippen LogP contribution in [0.15, 0.2) is 0 Å². The third-order valence-corrected chi connectivity index (χ3v) is 3.55. The number of aliphatic hydroxyl groups is 1. The molecule has 6 nitrogen and oxygen atoms in total. The first-order valence-electron chi connectivity index (χ1n) is 4.81. The minimum atomic E-state index is -3.50. The molecular formula is C8H15NO5S. The fraction of sp³-hybridized carbons (Fsp3) is 0.875. The lowest BCUT2D eigenvalue weighted by Crippen LogP contribution is -2.45. The summed E-state index contributed by atoms with van der Waals surface area (Å²) in [6.45, 7) is 1.72. The van der Waals surface area contributed by atoms with E-state index in [1.54, 1.807) is 0 Å². The maximum absolute atomic E-state index is 11.4. The van der Waals surface area contributed by atoms with E-state index in [0.717, 1.165) is 6.42 Å². The van der Waals surface area contributed by atoms with Crippen LogP contribution >= 0.6 is 0 Å². The van der Waals surface area contributed by atoms with Crippen LogP contribution in [-0.2, 0) is 19.6 Å². The lowest BCUT2D eigenvalue weighted by atomic mass is 10.2. The molecule has 0 aromatic rings. The highest BCUT2D eigenvalue weighted by atomic mass is 32.2. The average Bonchev–Trinajstić information content (AvgIpc) is 2.46. The summed E-state index contributed by atoms with van der Waals surface area (Å²) in [6.07, 6.45) is 0.181. The lowest BCUT2D eigenvalue weighted by molar-refractivity contribution is -0.139. The molecular weight excluding hydrogens is 222 g/mol. The van der Waals surface area contributed by atoms with Crippen molar-refractivity contribution < 1.29 is 23.1 Å². The number of hydrogen-bond donors (Lipinski definition) is 2. The van der Waals surface area contributed by atoms with Crippen LogP contribution in [0.25, 0.3) is 0 Å². The molecule has 7 heteroatoms. The van der Waals surface area contributed by atoms with E-state index < -0.39 is 28.1 Å². The maximum Gasteiger partial charge on any atom is 0.327 e. The smallest absolute Gasteiger partial charge is 0.327 e. The first-order valence-corrected chi connectivity index (χ1v) is 6.46. The van der Waals surface area contributed by atoms with Gasteiger partial charge in [0, 0.05) is 0 Å². The van der Waals surface area contributed by atoms with Crippen LogP contribution < -0.4 is 4.72 Å². The molecule has 1 aliphatic heterocycles. The number of carbonyl (C=O) groups is 1. The third-order valence-electron chi connectivity index (χ3n) is 2.11. The fourth-order valence-corrected chi connectivity index (χ4v) is 2.65. The number of unbranched alkanes of at least 4 members (excludes halogenated alkanes) is 1. The molecule has 88 valence electrons. The van der Waals surface area contributed by atoms with Gasteiger partial charge in [-0.3, -0.25) is 4.79 Å². The van der Waals surface area contributed by atoms with Gasteiger partial charge in [0.1, 0.15) is 18.8 Å². The number of carbonyl (C=O) groups excluding carboxylic acids is 1. The molecule has 1 aliphatic rings. The van der Waals surface area contributed by atoms with Crippen LogP contribution in [0.2, 0.25) is 0 Å². The summed E-state index contributed by atoms with van der Waals surface area (Å²) in [7, 11) is -3.50. The Hall–Kier alpha value is -0.660. The van der Waals surface area contributed by atoms with Crippen LogP contribution in [0, 0.1) is 0 Å². The van der Waals surface area contributed by atoms with Crippen LogP contribution in [0.1, 0.15) is 19.8 Å². The van der Waals surface area contributed by atoms with Gasteiger partial charge in [-0.2, -0.15) is 4.72 Å². The standard InChI is InChI=1S/C8H15NO5S/c1-2-3-4-15(12,13)9-7-6(10)5-14-8(7)11/h6-7,9-10H,2-5H2,1H3/t6-,7+/m1/s1. The molecule has 0 saturated carbocycles. The Bertz CT molecular complexity index is 326. The number of sulfonamides is 1. The van der Waals surface area contributed by atoms with E-state index in [1.807, 2.05) is 6.92 Å². The van der Waals surface area contributed by atoms with Crippen molar-refractivity contribution in [2.75, 3.05) is 12.4 Å². The second-order valence-corrected chi connectivity index (χ2v) is 5.34. The zero-order valence-corrected chi connectivity index (χ0v) is 9.29. The molecule has 0 aromatic carbocycles. The minimum Gasteiger partial charge on any atom is -0.462 e. The van der Waals surface area contributed by atoms with Crippen molar-refractivity contribution in [3.05, 3.63) is 0 Å². The first kappa shape index (κ1) is 12.4. The molecule has 1 fully saturated rings. The summed E-state index contributed by atoms with van der Waals surface area (Å²) < 4.78 is 29.5. The zero-order valence-electron chi connectivity index (χ0n) is 8.47. The molecule has 1 heterocycles. The highest BCUT2D eigenvalue weighted by Gasteiger charge is 2.38. The second-order valence-electron chi connectivity index (χ2n) is 3.47. The molecule has 0 spiro atoms. The van der Waals surface area contributed by atoms with Gasteiger partial charge >= 0.3 is 5.97 Å². The maximum atomic E-state index is 11.4. The molecule has 0 aliphatic carbocycles. The van der Waals surface area contributed by atoms with Gasteiger partial charge in [0.15, 0.2) is 0 Å². The SMILES string of the molecule is CCCCS(=O)(=O)N[C@@H]1C(=O)OC[C@H]1O.